The van der Waals surface area contributed by atoms with Crippen molar-refractivity contribution in [3.8, 4) is 17.6 Å². The van der Waals surface area contributed by atoms with Crippen LogP contribution in [0.25, 0.3) is 0 Å². The molecule has 8 heterocycles. The number of rotatable bonds is 5. The van der Waals surface area contributed by atoms with Crippen LogP contribution in [0.15, 0.2) is 101 Å². The molecule has 3 saturated heterocycles. The first-order valence-corrected chi connectivity index (χ1v) is 39.6. The quantitative estimate of drug-likeness (QED) is 0.0573. The number of aryl methyl sites for hydroxylation is 1. The van der Waals surface area contributed by atoms with Gasteiger partial charge in [0, 0.05) is 75.1 Å². The second-order valence-electron chi connectivity index (χ2n) is 35.6. The van der Waals surface area contributed by atoms with Crippen LogP contribution in [-0.4, -0.2) is 154 Å². The second kappa shape index (κ2) is 20.7. The number of phenols is 1. The van der Waals surface area contributed by atoms with Crippen LogP contribution in [-0.2, 0) is 25.5 Å². The fourth-order valence-electron chi connectivity index (χ4n) is 28.3. The Morgan fingerprint density at radius 2 is 1.70 bits per heavy atom. The maximum atomic E-state index is 18.0. The highest BCUT2D eigenvalue weighted by Gasteiger charge is 2.89. The predicted octanol–water partition coefficient (Wildman–Crippen LogP) is 8.66. The molecular weight excluding hydrogens is 1260 g/mol. The Kier molecular flexibility index (Phi) is 13.7. The highest BCUT2D eigenvalue weighted by Crippen LogP contribution is 2.85. The number of allylic oxidation sites excluding steroid dienone is 6. The normalized spacial score (nSPS) is 53.6. The number of epoxide rings is 1. The number of amides is 1. The molecule has 0 radical (unpaired) electrons. The third kappa shape index (κ3) is 7.45. The van der Waals surface area contributed by atoms with Crippen LogP contribution in [0.5, 0.6) is 5.75 Å². The van der Waals surface area contributed by atoms with E-state index < -0.39 is 120 Å². The number of ketones is 1. The topological polar surface area (TPSA) is 253 Å². The molecule has 12 aliphatic carbocycles. The van der Waals surface area contributed by atoms with Crippen LogP contribution in [0.2, 0.25) is 0 Å². The van der Waals surface area contributed by atoms with Crippen LogP contribution >= 0.6 is 21.6 Å². The van der Waals surface area contributed by atoms with Gasteiger partial charge in [-0.15, -0.1) is 0 Å². The maximum absolute atomic E-state index is 18.0. The molecule has 9 fully saturated rings. The molecule has 6 spiro atoms. The van der Waals surface area contributed by atoms with E-state index in [4.69, 9.17) is 9.47 Å². The van der Waals surface area contributed by atoms with E-state index in [1.165, 1.54) is 16.4 Å². The van der Waals surface area contributed by atoms with Gasteiger partial charge in [-0.1, -0.05) is 129 Å². The monoisotopic (exact) mass is 1360 g/mol. The van der Waals surface area contributed by atoms with Gasteiger partial charge < -0.3 is 65.6 Å². The first-order valence-electron chi connectivity index (χ1n) is 37.2. The van der Waals surface area contributed by atoms with Gasteiger partial charge in [-0.25, -0.2) is 0 Å². The van der Waals surface area contributed by atoms with Crippen LogP contribution in [0, 0.1) is 115 Å². The van der Waals surface area contributed by atoms with E-state index in [1.807, 2.05) is 17.9 Å². The number of anilines is 1. The summed E-state index contributed by atoms with van der Waals surface area (Å²) in [5.41, 5.74) is -12.6. The minimum Gasteiger partial charge on any atom is -0.508 e. The largest absolute Gasteiger partial charge is 0.508 e. The minimum atomic E-state index is -2.08. The van der Waals surface area contributed by atoms with Crippen molar-refractivity contribution in [2.45, 2.75) is 207 Å². The Balaban J connectivity index is 0.832. The Bertz CT molecular complexity index is 3930. The number of carbonyl (C=O) groups is 2. The Morgan fingerprint density at radius 3 is 2.52 bits per heavy atom. The van der Waals surface area contributed by atoms with Gasteiger partial charge in [0.15, 0.2) is 5.78 Å². The molecule has 8 aliphatic heterocycles. The highest BCUT2D eigenvalue weighted by atomic mass is 33.1. The molecule has 21 rings (SSSR count). The smallest absolute Gasteiger partial charge is 0.235 e. The third-order valence-electron chi connectivity index (χ3n) is 32.4. The van der Waals surface area contributed by atoms with E-state index >= 15 is 14.7 Å². The molecule has 10 N–H and O–H groups in total. The molecule has 518 valence electrons. The van der Waals surface area contributed by atoms with Gasteiger partial charge in [0.05, 0.1) is 66.2 Å². The van der Waals surface area contributed by atoms with Crippen LogP contribution in [0.1, 0.15) is 142 Å². The number of hydrogen-bond donors (Lipinski definition) is 10. The molecule has 28 atom stereocenters. The summed E-state index contributed by atoms with van der Waals surface area (Å²) in [6.07, 6.45) is 27.1. The fraction of sp³-hybridized carbons (Fsp3) is 0.700. The van der Waals surface area contributed by atoms with Gasteiger partial charge in [-0.05, 0) is 195 Å². The van der Waals surface area contributed by atoms with Crippen molar-refractivity contribution in [2.24, 2.45) is 103 Å². The molecule has 1 aromatic carbocycles. The molecule has 97 heavy (non-hydrogen) atoms. The maximum Gasteiger partial charge on any atom is 0.235 e. The summed E-state index contributed by atoms with van der Waals surface area (Å²) in [5, 5.41) is 124. The lowest BCUT2D eigenvalue weighted by molar-refractivity contribution is -0.235. The van der Waals surface area contributed by atoms with Gasteiger partial charge in [-0.2, -0.15) is 0 Å². The zero-order valence-corrected chi connectivity index (χ0v) is 58.1. The van der Waals surface area contributed by atoms with Crippen molar-refractivity contribution in [1.82, 2.24) is 5.32 Å². The molecular formula is C80H98N2O13S2. The fourth-order valence-corrected chi connectivity index (χ4v) is 31.5. The molecule has 20 aliphatic rings. The number of nitrogens with one attached hydrogen (secondary N) is 1. The zero-order valence-electron chi connectivity index (χ0n) is 56.5. The summed E-state index contributed by atoms with van der Waals surface area (Å²) in [6, 6.07) is 5.46. The van der Waals surface area contributed by atoms with Crippen molar-refractivity contribution < 1.29 is 65.0 Å². The lowest BCUT2D eigenvalue weighted by Gasteiger charge is -2.71. The molecule has 1 amide bonds. The highest BCUT2D eigenvalue weighted by molar-refractivity contribution is 8.76. The van der Waals surface area contributed by atoms with E-state index in [2.05, 4.69) is 92.6 Å². The number of carbonyl (C=O) groups excluding carboxylic acids is 2. The first-order chi connectivity index (χ1) is 46.4. The van der Waals surface area contributed by atoms with Crippen LogP contribution in [0.3, 0.4) is 0 Å². The number of fused-ring (bicyclic) bond motifs is 5. The number of aliphatic hydroxyl groups excluding tert-OH is 5. The molecule has 14 bridgehead atoms. The number of phenolic OH excluding ortho intramolecular Hbond substituents is 1. The Labute approximate surface area is 577 Å². The summed E-state index contributed by atoms with van der Waals surface area (Å²) in [7, 11) is 2.52. The first kappa shape index (κ1) is 64.0. The predicted molar refractivity (Wildman–Crippen MR) is 367 cm³/mol. The second-order valence-corrected chi connectivity index (χ2v) is 38.1. The van der Waals surface area contributed by atoms with Crippen molar-refractivity contribution >= 4 is 39.0 Å². The van der Waals surface area contributed by atoms with Crippen molar-refractivity contribution in [3.05, 3.63) is 107 Å². The minimum absolute atomic E-state index is 0.0175. The molecule has 28 unspecified atom stereocenters. The van der Waals surface area contributed by atoms with Gasteiger partial charge >= 0.3 is 0 Å². The Morgan fingerprint density at radius 1 is 0.856 bits per heavy atom. The number of aromatic hydroxyl groups is 1. The lowest BCUT2D eigenvalue weighted by atomic mass is 9.30. The molecule has 0 aromatic heterocycles. The van der Waals surface area contributed by atoms with E-state index in [-0.39, 0.29) is 135 Å². The number of aliphatic hydroxyl groups is 8. The van der Waals surface area contributed by atoms with Gasteiger partial charge in [-0.3, -0.25) is 9.59 Å². The van der Waals surface area contributed by atoms with Crippen LogP contribution < -0.4 is 10.2 Å². The Hall–Kier alpha value is -3.84. The molecule has 17 heteroatoms. The standard InChI is InChI=1S/C80H98N2O13S2/c1-43(2)44(3)64-66(95-64)78(92)20-8-12-50-29-57-58-33-62(86)74(37-63(87)72(91,41-84)38-69(57,74)4)68(90)97-96-42-70-18-7-13-52-28-51-11-5-6-19-76(51)56-32-60-47(10-9-23-94-60)26-48(56)36-77(52,81-76)59-30-53-27-49-15-14-46(34-70)35-71(49,40-83)80(70)67(89)82(39-75(53,80)65(59)88)54-24-45(25-55(85)31-54)16-21-73(50)61(78)17-22-79(58,73)93/h8-10,12,14-15,24-28,31,33,43-44,46,48,50-51,53,56-57,59-61,63-66,68,81,83-85,87-88,90-93H,5-6,11,16-23,29-30,32,34-42H2,1-4H3. The summed E-state index contributed by atoms with van der Waals surface area (Å²) >= 11 is 0. The van der Waals surface area contributed by atoms with Gasteiger partial charge in [0.2, 0.25) is 5.91 Å². The number of nitrogens with zero attached hydrogens (tertiary/aromatic N) is 1. The number of piperidine rings is 1. The summed E-state index contributed by atoms with van der Waals surface area (Å²) in [4.78, 5) is 36.4. The lowest BCUT2D eigenvalue weighted by Crippen LogP contribution is -2.78. The molecule has 15 nitrogen and oxygen atoms in total. The van der Waals surface area contributed by atoms with Gasteiger partial charge in [0.25, 0.3) is 0 Å². The van der Waals surface area contributed by atoms with Crippen molar-refractivity contribution in [2.75, 3.05) is 37.0 Å². The summed E-state index contributed by atoms with van der Waals surface area (Å²) in [6.45, 7) is 7.91. The zero-order chi connectivity index (χ0) is 67.0. The van der Waals surface area contributed by atoms with E-state index in [0.717, 1.165) is 54.0 Å². The third-order valence-corrected chi connectivity index (χ3v) is 35.1. The molecule has 1 aromatic rings. The average molecular weight is 1360 g/mol. The summed E-state index contributed by atoms with van der Waals surface area (Å²) < 4.78 is 13.2. The number of benzene rings is 1. The SMILES string of the molecule is CC(C)C(C)C1OC1C1(O)CC=CC2CC3C4=CC(=O)C5(CC(O)C(O)(CO)CC35C)C(O)SSCC35CC#CC6=CC7CCCCC78NC6(CC6C=C7C=CCOC7CC68)C6CC7C=C8C=CC(C3)CC8(CO)C53C(=O)N(CC73C6O)c3cc(O)cc(c3)CCC23C1CCC43O. The van der Waals surface area contributed by atoms with E-state index in [9.17, 15) is 40.9 Å². The van der Waals surface area contributed by atoms with Crippen LogP contribution in [0.4, 0.5) is 5.69 Å². The van der Waals surface area contributed by atoms with Crippen molar-refractivity contribution in [1.29, 1.82) is 0 Å². The van der Waals surface area contributed by atoms with Crippen molar-refractivity contribution in [3.63, 3.8) is 0 Å². The van der Waals surface area contributed by atoms with E-state index in [1.54, 1.807) is 18.2 Å². The average Bonchev–Trinajstić information content (AvgIpc) is 1.48. The summed E-state index contributed by atoms with van der Waals surface area (Å²) in [5.74, 6) is 5.78. The number of ether oxygens (including phenoxy) is 2. The van der Waals surface area contributed by atoms with Gasteiger partial charge in [0.1, 0.15) is 28.5 Å². The number of hydrogen-bond acceptors (Lipinski definition) is 16. The molecule has 6 saturated carbocycles. The van der Waals surface area contributed by atoms with E-state index in [0.29, 0.717) is 62.0 Å².